The molecule has 5 aromatic rings. The fraction of sp³-hybridized carbons (Fsp3) is 0.405. The molecule has 7 rings (SSSR count). The SMILES string of the molecule is COC(=O)NC(C(=O)N1C[C@@H](O)C[C@H]1c1ncc(-c2ccc3cc(-c4ccc(-c5cnc(C6CCCN6C(=O)OC(C)(C)C)[nH]5)cc4)ccc3c2)[nH]1)C(C)C. The highest BCUT2D eigenvalue weighted by atomic mass is 16.6. The summed E-state index contributed by atoms with van der Waals surface area (Å²) in [5.74, 6) is 0.862. The van der Waals surface area contributed by atoms with Gasteiger partial charge >= 0.3 is 12.2 Å². The van der Waals surface area contributed by atoms with Gasteiger partial charge in [0.2, 0.25) is 5.91 Å². The van der Waals surface area contributed by atoms with Crippen LogP contribution in [0.4, 0.5) is 9.59 Å². The molecule has 2 fully saturated rings. The standard InChI is InChI=1S/C42H49N7O6/c1-24(2)36(47-40(52)54-6)39(51)49-23-31(50)20-35(49)38-44-22-33(46-38)30-16-15-28-18-27(13-14-29(28)19-30)25-9-11-26(12-10-25)32-21-43-37(45-32)34-8-7-17-48(34)41(53)55-42(3,4)5/h9-16,18-19,21-22,24,31,34-36,50H,7-8,17,20,23H2,1-6H3,(H,43,45)(H,44,46)(H,47,52)/t31-,34?,35-,36?/m0/s1. The van der Waals surface area contributed by atoms with Gasteiger partial charge in [-0.3, -0.25) is 9.69 Å². The number of rotatable bonds is 8. The van der Waals surface area contributed by atoms with Crippen LogP contribution in [0.15, 0.2) is 73.1 Å². The molecule has 0 radical (unpaired) electrons. The summed E-state index contributed by atoms with van der Waals surface area (Å²) >= 11 is 0. The Balaban J connectivity index is 1.04. The smallest absolute Gasteiger partial charge is 0.410 e. The van der Waals surface area contributed by atoms with E-state index in [1.54, 1.807) is 16.0 Å². The highest BCUT2D eigenvalue weighted by Crippen LogP contribution is 2.36. The number of hydrogen-bond donors (Lipinski definition) is 4. The zero-order valence-electron chi connectivity index (χ0n) is 32.1. The summed E-state index contributed by atoms with van der Waals surface area (Å²) in [7, 11) is 1.26. The van der Waals surface area contributed by atoms with Crippen molar-refractivity contribution in [2.24, 2.45) is 5.92 Å². The maximum Gasteiger partial charge on any atom is 0.410 e. The lowest BCUT2D eigenvalue weighted by molar-refractivity contribution is -0.135. The summed E-state index contributed by atoms with van der Waals surface area (Å²) in [6.45, 7) is 10.1. The summed E-state index contributed by atoms with van der Waals surface area (Å²) in [5.41, 5.74) is 5.25. The number of nitrogens with one attached hydrogen (secondary N) is 3. The summed E-state index contributed by atoms with van der Waals surface area (Å²) in [6.07, 6.45) is 3.95. The molecule has 0 aliphatic carbocycles. The number of fused-ring (bicyclic) bond motifs is 1. The maximum atomic E-state index is 13.6. The minimum absolute atomic E-state index is 0.139. The largest absolute Gasteiger partial charge is 0.453 e. The topological polar surface area (TPSA) is 166 Å². The fourth-order valence-corrected chi connectivity index (χ4v) is 7.53. The number of imidazole rings is 2. The molecule has 0 saturated carbocycles. The lowest BCUT2D eigenvalue weighted by atomic mass is 9.98. The number of likely N-dealkylation sites (tertiary alicyclic amines) is 2. The molecule has 2 aliphatic rings. The molecule has 4 heterocycles. The molecule has 3 amide bonds. The second-order valence-corrected chi connectivity index (χ2v) is 15.8. The fourth-order valence-electron chi connectivity index (χ4n) is 7.53. The first-order valence-electron chi connectivity index (χ1n) is 18.9. The first-order valence-corrected chi connectivity index (χ1v) is 18.9. The van der Waals surface area contributed by atoms with Gasteiger partial charge in [-0.1, -0.05) is 62.4 Å². The second-order valence-electron chi connectivity index (χ2n) is 15.8. The number of aliphatic hydroxyl groups is 1. The van der Waals surface area contributed by atoms with Crippen molar-refractivity contribution in [3.05, 3.63) is 84.7 Å². The number of alkyl carbamates (subject to hydrolysis) is 1. The van der Waals surface area contributed by atoms with E-state index >= 15 is 0 Å². The molecule has 0 spiro atoms. The highest BCUT2D eigenvalue weighted by molar-refractivity contribution is 5.91. The molecule has 55 heavy (non-hydrogen) atoms. The van der Waals surface area contributed by atoms with E-state index in [2.05, 4.69) is 79.9 Å². The number of aromatic nitrogens is 4. The average Bonchev–Trinajstić information content (AvgIpc) is 3.99. The van der Waals surface area contributed by atoms with Gasteiger partial charge in [-0.05, 0) is 79.1 Å². The average molecular weight is 748 g/mol. The number of amides is 3. The number of β-amino-alcohol motifs (C(OH)–C–C–N with tert-alkyl or cyclic N) is 1. The normalized spacial score (nSPS) is 19.2. The Morgan fingerprint density at radius 2 is 1.42 bits per heavy atom. The van der Waals surface area contributed by atoms with Gasteiger partial charge in [0, 0.05) is 25.1 Å². The molecule has 2 unspecified atom stereocenters. The van der Waals surface area contributed by atoms with Gasteiger partial charge in [0.15, 0.2) is 0 Å². The monoisotopic (exact) mass is 747 g/mol. The second kappa shape index (κ2) is 15.2. The summed E-state index contributed by atoms with van der Waals surface area (Å²) in [4.78, 5) is 57.9. The van der Waals surface area contributed by atoms with Crippen LogP contribution in [0, 0.1) is 5.92 Å². The van der Waals surface area contributed by atoms with Crippen molar-refractivity contribution in [1.82, 2.24) is 35.1 Å². The van der Waals surface area contributed by atoms with Crippen molar-refractivity contribution in [3.8, 4) is 33.6 Å². The molecule has 13 heteroatoms. The third-order valence-corrected chi connectivity index (χ3v) is 10.3. The van der Waals surface area contributed by atoms with Crippen LogP contribution in [-0.2, 0) is 14.3 Å². The van der Waals surface area contributed by atoms with Crippen LogP contribution in [0.5, 0.6) is 0 Å². The van der Waals surface area contributed by atoms with Gasteiger partial charge in [0.25, 0.3) is 0 Å². The van der Waals surface area contributed by atoms with Crippen LogP contribution in [0.3, 0.4) is 0 Å². The molecule has 2 aliphatic heterocycles. The van der Waals surface area contributed by atoms with Crippen LogP contribution in [0.25, 0.3) is 44.4 Å². The van der Waals surface area contributed by atoms with Crippen LogP contribution in [-0.4, -0.2) is 90.9 Å². The minimum atomic E-state index is -0.802. The van der Waals surface area contributed by atoms with Gasteiger partial charge in [-0.15, -0.1) is 0 Å². The molecule has 2 aromatic heterocycles. The van der Waals surface area contributed by atoms with Crippen molar-refractivity contribution in [2.45, 2.75) is 83.7 Å². The Hall–Kier alpha value is -5.69. The van der Waals surface area contributed by atoms with E-state index in [0.717, 1.165) is 63.1 Å². The van der Waals surface area contributed by atoms with Crippen LogP contribution in [0.2, 0.25) is 0 Å². The quantitative estimate of drug-likeness (QED) is 0.128. The Morgan fingerprint density at radius 3 is 2.05 bits per heavy atom. The lowest BCUT2D eigenvalue weighted by Crippen LogP contribution is -2.51. The summed E-state index contributed by atoms with van der Waals surface area (Å²) in [5, 5.41) is 15.4. The third kappa shape index (κ3) is 8.07. The van der Waals surface area contributed by atoms with E-state index in [1.165, 1.54) is 7.11 Å². The van der Waals surface area contributed by atoms with Gasteiger partial charge in [-0.25, -0.2) is 19.6 Å². The van der Waals surface area contributed by atoms with Crippen LogP contribution < -0.4 is 5.32 Å². The van der Waals surface area contributed by atoms with Gasteiger partial charge in [0.05, 0.1) is 49.1 Å². The van der Waals surface area contributed by atoms with Crippen molar-refractivity contribution in [3.63, 3.8) is 0 Å². The predicted octanol–water partition coefficient (Wildman–Crippen LogP) is 7.37. The Kier molecular flexibility index (Phi) is 10.4. The van der Waals surface area contributed by atoms with E-state index in [0.29, 0.717) is 18.8 Å². The van der Waals surface area contributed by atoms with Crippen LogP contribution in [0.1, 0.15) is 77.6 Å². The lowest BCUT2D eigenvalue weighted by Gasteiger charge is -2.29. The molecule has 2 saturated heterocycles. The maximum absolute atomic E-state index is 13.6. The number of nitrogens with zero attached hydrogens (tertiary/aromatic N) is 4. The molecule has 13 nitrogen and oxygen atoms in total. The zero-order chi connectivity index (χ0) is 39.0. The van der Waals surface area contributed by atoms with E-state index < -0.39 is 29.9 Å². The Bertz CT molecular complexity index is 2190. The molecule has 4 N–H and O–H groups in total. The number of carbonyl (C=O) groups is 3. The number of methoxy groups -OCH3 is 1. The van der Waals surface area contributed by atoms with Gasteiger partial charge in [0.1, 0.15) is 23.3 Å². The number of aliphatic hydroxyl groups excluding tert-OH is 1. The number of benzene rings is 3. The van der Waals surface area contributed by atoms with E-state index in [1.807, 2.05) is 46.9 Å². The van der Waals surface area contributed by atoms with Gasteiger partial charge < -0.3 is 34.8 Å². The Labute approximate surface area is 320 Å². The van der Waals surface area contributed by atoms with E-state index in [-0.39, 0.29) is 30.5 Å². The first-order chi connectivity index (χ1) is 26.3. The van der Waals surface area contributed by atoms with Crippen molar-refractivity contribution in [1.29, 1.82) is 0 Å². The molecular weight excluding hydrogens is 699 g/mol. The zero-order valence-corrected chi connectivity index (χ0v) is 32.1. The minimum Gasteiger partial charge on any atom is -0.453 e. The first kappa shape index (κ1) is 37.6. The molecule has 4 atom stereocenters. The van der Waals surface area contributed by atoms with Crippen molar-refractivity contribution < 1.29 is 29.0 Å². The van der Waals surface area contributed by atoms with E-state index in [9.17, 15) is 19.5 Å². The van der Waals surface area contributed by atoms with E-state index in [4.69, 9.17) is 9.47 Å². The van der Waals surface area contributed by atoms with Crippen LogP contribution >= 0.6 is 0 Å². The molecule has 3 aromatic carbocycles. The molecule has 0 bridgehead atoms. The summed E-state index contributed by atoms with van der Waals surface area (Å²) < 4.78 is 10.4. The van der Waals surface area contributed by atoms with Crippen molar-refractivity contribution >= 4 is 28.9 Å². The van der Waals surface area contributed by atoms with Gasteiger partial charge in [-0.2, -0.15) is 0 Å². The summed E-state index contributed by atoms with van der Waals surface area (Å²) in [6, 6.07) is 19.5. The number of H-pyrrole nitrogens is 2. The number of aromatic amines is 2. The predicted molar refractivity (Wildman–Crippen MR) is 209 cm³/mol. The molecular formula is C42H49N7O6. The highest BCUT2D eigenvalue weighted by Gasteiger charge is 2.41. The third-order valence-electron chi connectivity index (χ3n) is 10.3. The number of carbonyl (C=O) groups excluding carboxylic acids is 3. The molecule has 288 valence electrons. The van der Waals surface area contributed by atoms with Crippen molar-refractivity contribution in [2.75, 3.05) is 20.2 Å². The number of ether oxygens (including phenoxy) is 2. The number of hydrogen-bond acceptors (Lipinski definition) is 8. The Morgan fingerprint density at radius 1 is 0.836 bits per heavy atom.